The molecule has 0 fully saturated rings. The highest BCUT2D eigenvalue weighted by molar-refractivity contribution is 5.78. The largest absolute Gasteiger partial charge is 0.493 e. The smallest absolute Gasteiger partial charge is 0.322 e. The molecule has 0 spiro atoms. The van der Waals surface area contributed by atoms with Crippen LogP contribution in [0.5, 0.6) is 17.5 Å². The Morgan fingerprint density at radius 2 is 1.89 bits per heavy atom. The van der Waals surface area contributed by atoms with E-state index < -0.39 is 0 Å². The molecule has 3 heterocycles. The Balaban J connectivity index is 1.45. The lowest BCUT2D eigenvalue weighted by Crippen LogP contribution is -2.39. The van der Waals surface area contributed by atoms with E-state index in [9.17, 15) is 4.79 Å². The molecule has 1 amide bonds. The lowest BCUT2D eigenvalue weighted by Gasteiger charge is -2.29. The van der Waals surface area contributed by atoms with E-state index >= 15 is 0 Å². The first-order chi connectivity index (χ1) is 13.2. The number of nitrogens with zero attached hydrogens (tertiary/aromatic N) is 4. The van der Waals surface area contributed by atoms with Crippen LogP contribution >= 0.6 is 0 Å². The van der Waals surface area contributed by atoms with Crippen LogP contribution in [0, 0.1) is 0 Å². The molecule has 0 unspecified atom stereocenters. The first-order valence-electron chi connectivity index (χ1n) is 8.63. The van der Waals surface area contributed by atoms with E-state index in [1.54, 1.807) is 29.7 Å². The second-order valence-corrected chi connectivity index (χ2v) is 6.24. The van der Waals surface area contributed by atoms with Crippen molar-refractivity contribution < 1.29 is 19.0 Å². The molecular weight excluding hydrogens is 348 g/mol. The van der Waals surface area contributed by atoms with Gasteiger partial charge in [0.2, 0.25) is 0 Å². The third-order valence-corrected chi connectivity index (χ3v) is 4.68. The molecule has 0 N–H and O–H groups in total. The van der Waals surface area contributed by atoms with Crippen LogP contribution in [0.3, 0.4) is 0 Å². The maximum absolute atomic E-state index is 12.6. The van der Waals surface area contributed by atoms with E-state index in [1.165, 1.54) is 5.56 Å². The Hall–Kier alpha value is -3.29. The van der Waals surface area contributed by atoms with Gasteiger partial charge in [0.1, 0.15) is 0 Å². The summed E-state index contributed by atoms with van der Waals surface area (Å²) in [6.45, 7) is 1.06. The molecule has 4 rings (SSSR count). The molecule has 3 aromatic rings. The van der Waals surface area contributed by atoms with Gasteiger partial charge in [-0.3, -0.25) is 9.20 Å². The van der Waals surface area contributed by atoms with Crippen molar-refractivity contribution in [1.82, 2.24) is 19.5 Å². The fourth-order valence-electron chi connectivity index (χ4n) is 3.23. The van der Waals surface area contributed by atoms with E-state index in [4.69, 9.17) is 14.2 Å². The Labute approximate surface area is 156 Å². The van der Waals surface area contributed by atoms with Crippen molar-refractivity contribution >= 4 is 11.6 Å². The van der Waals surface area contributed by atoms with Crippen molar-refractivity contribution in [2.45, 2.75) is 13.0 Å². The van der Waals surface area contributed by atoms with Gasteiger partial charge in [-0.05, 0) is 41.8 Å². The minimum atomic E-state index is -0.0943. The predicted molar refractivity (Wildman–Crippen MR) is 97.1 cm³/mol. The van der Waals surface area contributed by atoms with Gasteiger partial charge in [-0.25, -0.2) is 0 Å². The highest BCUT2D eigenvalue weighted by atomic mass is 16.5. The molecular formula is C19H20N4O4. The maximum Gasteiger partial charge on any atom is 0.322 e. The highest BCUT2D eigenvalue weighted by Crippen LogP contribution is 2.33. The van der Waals surface area contributed by atoms with Crippen LogP contribution in [0.4, 0.5) is 0 Å². The van der Waals surface area contributed by atoms with Gasteiger partial charge in [-0.2, -0.15) is 0 Å². The van der Waals surface area contributed by atoms with E-state index in [-0.39, 0.29) is 12.5 Å². The third kappa shape index (κ3) is 3.25. The Morgan fingerprint density at radius 3 is 2.67 bits per heavy atom. The summed E-state index contributed by atoms with van der Waals surface area (Å²) in [6.07, 6.45) is 2.56. The number of ether oxygens (including phenoxy) is 3. The van der Waals surface area contributed by atoms with Crippen molar-refractivity contribution in [2.75, 3.05) is 27.4 Å². The number of methoxy groups -OCH3 is 2. The first-order valence-corrected chi connectivity index (χ1v) is 8.63. The van der Waals surface area contributed by atoms with Gasteiger partial charge >= 0.3 is 6.01 Å². The lowest BCUT2D eigenvalue weighted by molar-refractivity contribution is -0.134. The van der Waals surface area contributed by atoms with E-state index in [1.807, 2.05) is 30.3 Å². The fraction of sp³-hybridized carbons (Fsp3) is 0.316. The SMILES string of the molecule is COc1cc2c(cc1OC)CN(C(=O)COc1nnc3ccccn13)CC2. The standard InChI is InChI=1S/C19H20N4O4/c1-25-15-9-13-6-8-22(11-14(13)10-16(15)26-2)18(24)12-27-19-21-20-17-5-3-4-7-23(17)19/h3-5,7,9-10H,6,8,11-12H2,1-2H3. The van der Waals surface area contributed by atoms with Gasteiger partial charge in [-0.1, -0.05) is 11.2 Å². The average molecular weight is 368 g/mol. The summed E-state index contributed by atoms with van der Waals surface area (Å²) in [4.78, 5) is 14.4. The Bertz CT molecular complexity index is 985. The van der Waals surface area contributed by atoms with Crippen LogP contribution in [-0.2, 0) is 17.8 Å². The molecule has 27 heavy (non-hydrogen) atoms. The number of rotatable bonds is 5. The van der Waals surface area contributed by atoms with Crippen molar-refractivity contribution in [3.05, 3.63) is 47.7 Å². The monoisotopic (exact) mass is 368 g/mol. The van der Waals surface area contributed by atoms with Crippen molar-refractivity contribution in [2.24, 2.45) is 0 Å². The first kappa shape index (κ1) is 17.1. The molecule has 0 saturated carbocycles. The minimum absolute atomic E-state index is 0.0850. The van der Waals surface area contributed by atoms with Gasteiger partial charge in [0.15, 0.2) is 23.8 Å². The predicted octanol–water partition coefficient (Wildman–Crippen LogP) is 1.71. The molecule has 8 nitrogen and oxygen atoms in total. The van der Waals surface area contributed by atoms with Crippen molar-refractivity contribution in [3.63, 3.8) is 0 Å². The van der Waals surface area contributed by atoms with Crippen LogP contribution in [0.2, 0.25) is 0 Å². The summed E-state index contributed by atoms with van der Waals surface area (Å²) in [5.41, 5.74) is 2.90. The second-order valence-electron chi connectivity index (χ2n) is 6.24. The summed E-state index contributed by atoms with van der Waals surface area (Å²) in [7, 11) is 3.22. The molecule has 140 valence electrons. The number of carbonyl (C=O) groups is 1. The number of aromatic nitrogens is 3. The summed E-state index contributed by atoms with van der Waals surface area (Å²) >= 11 is 0. The number of hydrogen-bond donors (Lipinski definition) is 0. The zero-order valence-corrected chi connectivity index (χ0v) is 15.2. The molecule has 0 bridgehead atoms. The molecule has 0 radical (unpaired) electrons. The average Bonchev–Trinajstić information content (AvgIpc) is 3.13. The number of pyridine rings is 1. The number of hydrogen-bond acceptors (Lipinski definition) is 6. The zero-order chi connectivity index (χ0) is 18.8. The summed E-state index contributed by atoms with van der Waals surface area (Å²) < 4.78 is 18.0. The Kier molecular flexibility index (Phi) is 4.53. The number of fused-ring (bicyclic) bond motifs is 2. The maximum atomic E-state index is 12.6. The number of amides is 1. The fourth-order valence-corrected chi connectivity index (χ4v) is 3.23. The topological polar surface area (TPSA) is 78.2 Å². The molecule has 0 atom stereocenters. The minimum Gasteiger partial charge on any atom is -0.493 e. The van der Waals surface area contributed by atoms with E-state index in [2.05, 4.69) is 10.2 Å². The Morgan fingerprint density at radius 1 is 1.11 bits per heavy atom. The van der Waals surface area contributed by atoms with E-state index in [0.29, 0.717) is 36.2 Å². The number of benzene rings is 1. The van der Waals surface area contributed by atoms with Gasteiger partial charge in [0.05, 0.1) is 14.2 Å². The molecule has 0 aliphatic carbocycles. The quantitative estimate of drug-likeness (QED) is 0.682. The van der Waals surface area contributed by atoms with Crippen LogP contribution in [0.15, 0.2) is 36.5 Å². The van der Waals surface area contributed by atoms with Crippen LogP contribution in [-0.4, -0.2) is 52.8 Å². The second kappa shape index (κ2) is 7.14. The van der Waals surface area contributed by atoms with Crippen LogP contribution in [0.1, 0.15) is 11.1 Å². The highest BCUT2D eigenvalue weighted by Gasteiger charge is 2.23. The molecule has 1 aromatic carbocycles. The van der Waals surface area contributed by atoms with E-state index in [0.717, 1.165) is 12.0 Å². The van der Waals surface area contributed by atoms with Crippen molar-refractivity contribution in [1.29, 1.82) is 0 Å². The van der Waals surface area contributed by atoms with Gasteiger partial charge in [0.25, 0.3) is 5.91 Å². The zero-order valence-electron chi connectivity index (χ0n) is 15.2. The molecule has 8 heteroatoms. The van der Waals surface area contributed by atoms with Crippen LogP contribution in [0.25, 0.3) is 5.65 Å². The summed E-state index contributed by atoms with van der Waals surface area (Å²) in [5, 5.41) is 7.99. The normalized spacial score (nSPS) is 13.3. The summed E-state index contributed by atoms with van der Waals surface area (Å²) in [6, 6.07) is 9.77. The van der Waals surface area contributed by atoms with Gasteiger partial charge in [0, 0.05) is 19.3 Å². The molecule has 1 aliphatic rings. The molecule has 1 aliphatic heterocycles. The molecule has 0 saturated heterocycles. The van der Waals surface area contributed by atoms with Crippen LogP contribution < -0.4 is 14.2 Å². The third-order valence-electron chi connectivity index (χ3n) is 4.68. The number of carbonyl (C=O) groups excluding carboxylic acids is 1. The van der Waals surface area contributed by atoms with Gasteiger partial charge in [-0.15, -0.1) is 5.10 Å². The van der Waals surface area contributed by atoms with Gasteiger partial charge < -0.3 is 19.1 Å². The lowest BCUT2D eigenvalue weighted by atomic mass is 9.99. The van der Waals surface area contributed by atoms with Crippen molar-refractivity contribution in [3.8, 4) is 17.5 Å². The molecule has 2 aromatic heterocycles. The summed E-state index contributed by atoms with van der Waals surface area (Å²) in [5.74, 6) is 1.28.